The van der Waals surface area contributed by atoms with Crippen LogP contribution in [0.5, 0.6) is 28.7 Å². The third-order valence-corrected chi connectivity index (χ3v) is 3.56. The van der Waals surface area contributed by atoms with Crippen molar-refractivity contribution in [3.05, 3.63) is 52.6 Å². The lowest BCUT2D eigenvalue weighted by atomic mass is 10.0. The zero-order valence-electron chi connectivity index (χ0n) is 13.5. The maximum atomic E-state index is 10.1. The van der Waals surface area contributed by atoms with E-state index < -0.39 is 0 Å². The summed E-state index contributed by atoms with van der Waals surface area (Å²) in [6.45, 7) is 3.80. The smallest absolute Gasteiger partial charge is 0.165 e. The van der Waals surface area contributed by atoms with Crippen LogP contribution in [0.15, 0.2) is 35.9 Å². The van der Waals surface area contributed by atoms with Crippen LogP contribution < -0.4 is 0 Å². The van der Waals surface area contributed by atoms with Gasteiger partial charge in [0.05, 0.1) is 0 Å². The Morgan fingerprint density at radius 1 is 0.833 bits per heavy atom. The predicted octanol–water partition coefficient (Wildman–Crippen LogP) is 3.89. The quantitative estimate of drug-likeness (QED) is 0.254. The minimum absolute atomic E-state index is 0.0635. The lowest BCUT2D eigenvalue weighted by molar-refractivity contribution is 0.390. The fourth-order valence-corrected chi connectivity index (χ4v) is 2.19. The zero-order valence-corrected chi connectivity index (χ0v) is 13.5. The fourth-order valence-electron chi connectivity index (χ4n) is 2.19. The van der Waals surface area contributed by atoms with Crippen LogP contribution in [0.1, 0.15) is 30.5 Å². The van der Waals surface area contributed by atoms with Crippen molar-refractivity contribution >= 4 is 12.2 Å². The monoisotopic (exact) mass is 328 g/mol. The number of allylic oxidation sites excluding steroid dienone is 2. The minimum Gasteiger partial charge on any atom is -0.508 e. The zero-order chi connectivity index (χ0) is 17.9. The largest absolute Gasteiger partial charge is 0.508 e. The Hall–Kier alpha value is -3.08. The first-order valence-corrected chi connectivity index (χ1v) is 7.39. The highest BCUT2D eigenvalue weighted by Crippen LogP contribution is 2.40. The predicted molar refractivity (Wildman–Crippen MR) is 93.3 cm³/mol. The first-order chi connectivity index (χ1) is 11.3. The normalized spacial score (nSPS) is 10.9. The minimum atomic E-state index is -0.373. The van der Waals surface area contributed by atoms with Gasteiger partial charge >= 0.3 is 0 Å². The summed E-state index contributed by atoms with van der Waals surface area (Å²) in [6, 6.07) is 5.45. The molecule has 0 aliphatic carbocycles. The molecule has 0 bridgehead atoms. The van der Waals surface area contributed by atoms with Gasteiger partial charge in [0.15, 0.2) is 11.5 Å². The summed E-state index contributed by atoms with van der Waals surface area (Å²) in [7, 11) is 0. The summed E-state index contributed by atoms with van der Waals surface area (Å²) >= 11 is 0. The fraction of sp³-hybridized carbons (Fsp3) is 0.158. The topological polar surface area (TPSA) is 101 Å². The van der Waals surface area contributed by atoms with Gasteiger partial charge in [0, 0.05) is 22.8 Å². The van der Waals surface area contributed by atoms with E-state index in [1.807, 2.05) is 19.9 Å². The van der Waals surface area contributed by atoms with E-state index in [1.165, 1.54) is 36.4 Å². The highest BCUT2D eigenvalue weighted by Gasteiger charge is 2.15. The van der Waals surface area contributed by atoms with E-state index in [9.17, 15) is 25.5 Å². The summed E-state index contributed by atoms with van der Waals surface area (Å²) in [6.07, 6.45) is 5.08. The average Bonchev–Trinajstić information content (AvgIpc) is 2.50. The number of hydrogen-bond acceptors (Lipinski definition) is 5. The Morgan fingerprint density at radius 3 is 2.12 bits per heavy atom. The molecule has 2 aromatic rings. The van der Waals surface area contributed by atoms with Crippen LogP contribution in [0, 0.1) is 0 Å². The molecule has 126 valence electrons. The third kappa shape index (κ3) is 3.81. The van der Waals surface area contributed by atoms with Gasteiger partial charge in [0.1, 0.15) is 17.2 Å². The number of aromatic hydroxyl groups is 5. The Morgan fingerprint density at radius 2 is 1.50 bits per heavy atom. The van der Waals surface area contributed by atoms with Crippen LogP contribution in [0.4, 0.5) is 0 Å². The van der Waals surface area contributed by atoms with Crippen LogP contribution >= 0.6 is 0 Å². The Balaban J connectivity index is 2.38. The third-order valence-electron chi connectivity index (χ3n) is 3.56. The number of phenolic OH excluding ortho intramolecular Hbond substituents is 5. The van der Waals surface area contributed by atoms with Gasteiger partial charge in [-0.25, -0.2) is 0 Å². The number of rotatable bonds is 4. The second-order valence-electron chi connectivity index (χ2n) is 5.72. The molecule has 0 saturated carbocycles. The molecule has 0 fully saturated rings. The summed E-state index contributed by atoms with van der Waals surface area (Å²) in [4.78, 5) is 0. The van der Waals surface area contributed by atoms with Crippen molar-refractivity contribution in [3.8, 4) is 28.7 Å². The maximum absolute atomic E-state index is 10.1. The first kappa shape index (κ1) is 17.3. The van der Waals surface area contributed by atoms with Crippen molar-refractivity contribution in [2.45, 2.75) is 20.3 Å². The SMILES string of the molecule is CC(C)=CCc1c(O)cc(/C=C/c2ccc(O)cc2O)c(O)c1O. The second-order valence-corrected chi connectivity index (χ2v) is 5.72. The van der Waals surface area contributed by atoms with Crippen molar-refractivity contribution in [1.82, 2.24) is 0 Å². The molecule has 24 heavy (non-hydrogen) atoms. The standard InChI is InChI=1S/C19H20O5/c1-11(2)3-8-15-17(22)9-13(18(23)19(15)24)5-4-12-6-7-14(20)10-16(12)21/h3-7,9-10,20-24H,8H2,1-2H3/b5-4+. The van der Waals surface area contributed by atoms with E-state index in [-0.39, 0.29) is 39.9 Å². The van der Waals surface area contributed by atoms with Crippen molar-refractivity contribution in [3.63, 3.8) is 0 Å². The van der Waals surface area contributed by atoms with E-state index in [2.05, 4.69) is 0 Å². The lowest BCUT2D eigenvalue weighted by Crippen LogP contribution is -1.88. The van der Waals surface area contributed by atoms with Gasteiger partial charge in [-0.05, 0) is 38.5 Å². The molecule has 0 aromatic heterocycles. The molecule has 0 heterocycles. The van der Waals surface area contributed by atoms with Crippen LogP contribution in [0.25, 0.3) is 12.2 Å². The molecular weight excluding hydrogens is 308 g/mol. The number of hydrogen-bond donors (Lipinski definition) is 5. The van der Waals surface area contributed by atoms with Crippen LogP contribution in [-0.4, -0.2) is 25.5 Å². The molecule has 5 N–H and O–H groups in total. The van der Waals surface area contributed by atoms with Crippen LogP contribution in [0.3, 0.4) is 0 Å². The molecule has 0 unspecified atom stereocenters. The van der Waals surface area contributed by atoms with Gasteiger partial charge in [0.2, 0.25) is 0 Å². The molecule has 0 radical (unpaired) electrons. The molecule has 5 heteroatoms. The van der Waals surface area contributed by atoms with Gasteiger partial charge in [-0.2, -0.15) is 0 Å². The second kappa shape index (κ2) is 7.00. The van der Waals surface area contributed by atoms with Crippen molar-refractivity contribution in [2.24, 2.45) is 0 Å². The Labute approximate surface area is 140 Å². The van der Waals surface area contributed by atoms with Gasteiger partial charge < -0.3 is 25.5 Å². The molecule has 0 atom stereocenters. The number of phenols is 5. The maximum Gasteiger partial charge on any atom is 0.165 e. The summed E-state index contributed by atoms with van der Waals surface area (Å²) in [5.41, 5.74) is 1.90. The van der Waals surface area contributed by atoms with Gasteiger partial charge in [-0.3, -0.25) is 0 Å². The summed E-state index contributed by atoms with van der Waals surface area (Å²) < 4.78 is 0. The van der Waals surface area contributed by atoms with Gasteiger partial charge in [-0.1, -0.05) is 23.8 Å². The Kier molecular flexibility index (Phi) is 5.04. The molecule has 2 aromatic carbocycles. The highest BCUT2D eigenvalue weighted by molar-refractivity contribution is 5.78. The average molecular weight is 328 g/mol. The summed E-state index contributed by atoms with van der Waals surface area (Å²) in [5, 5.41) is 49.3. The molecule has 0 saturated heterocycles. The van der Waals surface area contributed by atoms with Gasteiger partial charge in [-0.15, -0.1) is 0 Å². The molecule has 5 nitrogen and oxygen atoms in total. The highest BCUT2D eigenvalue weighted by atomic mass is 16.3. The van der Waals surface area contributed by atoms with E-state index in [0.29, 0.717) is 12.0 Å². The van der Waals surface area contributed by atoms with Crippen molar-refractivity contribution < 1.29 is 25.5 Å². The van der Waals surface area contributed by atoms with Crippen molar-refractivity contribution in [1.29, 1.82) is 0 Å². The lowest BCUT2D eigenvalue weighted by Gasteiger charge is -2.10. The van der Waals surface area contributed by atoms with Crippen molar-refractivity contribution in [2.75, 3.05) is 0 Å². The Bertz CT molecular complexity index is 815. The van der Waals surface area contributed by atoms with E-state index in [1.54, 1.807) is 0 Å². The van der Waals surface area contributed by atoms with E-state index >= 15 is 0 Å². The van der Waals surface area contributed by atoms with Crippen LogP contribution in [0.2, 0.25) is 0 Å². The van der Waals surface area contributed by atoms with E-state index in [0.717, 1.165) is 5.57 Å². The van der Waals surface area contributed by atoms with Gasteiger partial charge in [0.25, 0.3) is 0 Å². The molecule has 0 amide bonds. The van der Waals surface area contributed by atoms with Crippen LogP contribution in [-0.2, 0) is 6.42 Å². The molecule has 0 aliphatic heterocycles. The van der Waals surface area contributed by atoms with E-state index in [4.69, 9.17) is 0 Å². The molecule has 2 rings (SSSR count). The molecule has 0 aliphatic rings. The number of benzene rings is 2. The summed E-state index contributed by atoms with van der Waals surface area (Å²) in [5.74, 6) is -1.04. The molecular formula is C19H20O5. The molecule has 0 spiro atoms. The first-order valence-electron chi connectivity index (χ1n) is 7.39.